The van der Waals surface area contributed by atoms with Gasteiger partial charge in [0.15, 0.2) is 0 Å². The molecule has 11 aromatic rings. The summed E-state index contributed by atoms with van der Waals surface area (Å²) < 4.78 is 110. The van der Waals surface area contributed by atoms with Crippen LogP contribution in [0.25, 0.3) is 83.4 Å². The van der Waals surface area contributed by atoms with Crippen molar-refractivity contribution >= 4 is 32.8 Å². The molecule has 0 unspecified atom stereocenters. The monoisotopic (exact) mass is 837 g/mol. The lowest BCUT2D eigenvalue weighted by atomic mass is 9.95. The molecule has 0 aliphatic heterocycles. The molecular weight excluding hydrogens is 781 g/mol. The first kappa shape index (κ1) is 28.6. The molecule has 0 fully saturated rings. The summed E-state index contributed by atoms with van der Waals surface area (Å²) in [5, 5.41) is 2.04. The van der Waals surface area contributed by atoms with E-state index in [0.29, 0.717) is 46.9 Å². The number of ether oxygens (including phenoxy) is 1. The van der Waals surface area contributed by atoms with Crippen LogP contribution in [0.15, 0.2) is 212 Å². The average molecular weight is 838 g/mol. The van der Waals surface area contributed by atoms with Gasteiger partial charge in [-0.2, -0.15) is 0 Å². The maximum atomic E-state index is 9.22. The van der Waals surface area contributed by atoms with Crippen molar-refractivity contribution in [3.63, 3.8) is 0 Å². The van der Waals surface area contributed by atoms with E-state index in [1.165, 1.54) is 0 Å². The Bertz CT molecular complexity index is 3970. The van der Waals surface area contributed by atoms with Gasteiger partial charge in [0, 0.05) is 24.4 Å². The first-order chi connectivity index (χ1) is 36.1. The SMILES string of the molecule is [2H]c1c([2H])c([2H])c(-c2cccc(-c3c([2H])c([2H])c([2H])c([2H])c3[2H])c2-[n+]2[c-]n(-c3cccc(Oc4ccc5c6ccccc6n(-c6cc(C([2H])(CC)CC)ccn6)c5c4)c3)c3ccc(-c4ccccc4)cc32)c([2H])c1[2H]. The summed E-state index contributed by atoms with van der Waals surface area (Å²) in [6, 6.07) is 40.5. The van der Waals surface area contributed by atoms with Crippen molar-refractivity contribution < 1.29 is 24.4 Å². The van der Waals surface area contributed by atoms with E-state index in [2.05, 4.69) is 23.0 Å². The number of para-hydroxylation sites is 2. The summed E-state index contributed by atoms with van der Waals surface area (Å²) in [6.45, 7) is 4.06. The fraction of sp³-hybridized carbons (Fsp3) is 0.0847. The molecule has 8 aromatic carbocycles. The number of nitrogens with zero attached hydrogens (tertiary/aromatic N) is 4. The van der Waals surface area contributed by atoms with Crippen LogP contribution in [0.1, 0.15) is 53.2 Å². The molecule has 5 heteroatoms. The predicted octanol–water partition coefficient (Wildman–Crippen LogP) is 14.9. The lowest BCUT2D eigenvalue weighted by Crippen LogP contribution is -2.31. The number of benzene rings is 8. The number of pyridine rings is 1. The molecule has 11 rings (SSSR count). The van der Waals surface area contributed by atoms with Crippen molar-refractivity contribution in [1.29, 1.82) is 0 Å². The van der Waals surface area contributed by atoms with E-state index in [0.717, 1.165) is 38.5 Å². The van der Waals surface area contributed by atoms with Crippen molar-refractivity contribution in [2.45, 2.75) is 32.6 Å². The van der Waals surface area contributed by atoms with Crippen LogP contribution in [0.2, 0.25) is 0 Å². The molecule has 3 heterocycles. The average Bonchev–Trinajstić information content (AvgIpc) is 4.02. The molecule has 0 spiro atoms. The van der Waals surface area contributed by atoms with Crippen molar-refractivity contribution in [3.8, 4) is 62.1 Å². The molecule has 0 aliphatic carbocycles. The molecule has 308 valence electrons. The van der Waals surface area contributed by atoms with Gasteiger partial charge in [0.25, 0.3) is 6.33 Å². The lowest BCUT2D eigenvalue weighted by molar-refractivity contribution is -0.571. The topological polar surface area (TPSA) is 35.9 Å². The van der Waals surface area contributed by atoms with Gasteiger partial charge in [-0.15, -0.1) is 0 Å². The number of rotatable bonds is 11. The van der Waals surface area contributed by atoms with Crippen LogP contribution in [0, 0.1) is 6.33 Å². The third-order valence-electron chi connectivity index (χ3n) is 11.8. The Morgan fingerprint density at radius 3 is 2.03 bits per heavy atom. The van der Waals surface area contributed by atoms with Gasteiger partial charge in [-0.25, -0.2) is 4.98 Å². The number of fused-ring (bicyclic) bond motifs is 4. The number of aromatic nitrogens is 4. The second-order valence-corrected chi connectivity index (χ2v) is 15.4. The Morgan fingerprint density at radius 2 is 1.28 bits per heavy atom. The van der Waals surface area contributed by atoms with Gasteiger partial charge in [0.1, 0.15) is 17.3 Å². The third-order valence-corrected chi connectivity index (χ3v) is 11.8. The van der Waals surface area contributed by atoms with Crippen molar-refractivity contribution in [2.75, 3.05) is 0 Å². The van der Waals surface area contributed by atoms with E-state index >= 15 is 0 Å². The van der Waals surface area contributed by atoms with Gasteiger partial charge < -0.3 is 4.74 Å². The smallest absolute Gasteiger partial charge is 0.269 e. The summed E-state index contributed by atoms with van der Waals surface area (Å²) in [4.78, 5) is 4.82. The summed E-state index contributed by atoms with van der Waals surface area (Å²) >= 11 is 0. The molecule has 0 amide bonds. The van der Waals surface area contributed by atoms with Crippen LogP contribution < -0.4 is 9.30 Å². The Morgan fingerprint density at radius 1 is 0.594 bits per heavy atom. The number of imidazole rings is 1. The van der Waals surface area contributed by atoms with Crippen molar-refractivity contribution in [2.24, 2.45) is 0 Å². The Balaban J connectivity index is 1.12. The molecule has 0 saturated heterocycles. The second-order valence-electron chi connectivity index (χ2n) is 15.4. The first-order valence-electron chi connectivity index (χ1n) is 26.8. The normalized spacial score (nSPS) is 14.1. The van der Waals surface area contributed by atoms with Gasteiger partial charge in [-0.3, -0.25) is 13.7 Å². The Labute approximate surface area is 389 Å². The van der Waals surface area contributed by atoms with Crippen LogP contribution in [-0.2, 0) is 0 Å². The molecular formula is C59H46N4O. The standard InChI is InChI=1S/C59H46N4O/c1-3-41(4-2)46-34-35-60-58(37-46)63-54-29-15-14-26-52(54)53-32-31-49(39-56(53)63)64-48-25-16-24-47(38-48)61-40-62(57-36-45(30-33-55(57)61)42-18-8-5-9-19-42)59-50(43-20-10-6-11-21-43)27-17-28-51(59)44-22-12-7-13-23-44/h5-39,41H,3-4H2,1-2H3/i6D,7D,10D,11D,12D,13D,20D,21D,22D,23D,41D. The van der Waals surface area contributed by atoms with Crippen LogP contribution in [0.4, 0.5) is 0 Å². The summed E-state index contributed by atoms with van der Waals surface area (Å²) in [5.41, 5.74) is 6.35. The first-order valence-corrected chi connectivity index (χ1v) is 21.3. The highest BCUT2D eigenvalue weighted by Gasteiger charge is 2.21. The van der Waals surface area contributed by atoms with E-state index in [1.54, 1.807) is 33.5 Å². The third kappa shape index (κ3) is 7.01. The molecule has 0 N–H and O–H groups in total. The molecule has 5 nitrogen and oxygen atoms in total. The highest BCUT2D eigenvalue weighted by Crippen LogP contribution is 2.38. The summed E-state index contributed by atoms with van der Waals surface area (Å²) in [5.74, 6) is 0.971. The predicted molar refractivity (Wildman–Crippen MR) is 262 cm³/mol. The quantitative estimate of drug-likeness (QED) is 0.0961. The van der Waals surface area contributed by atoms with Gasteiger partial charge >= 0.3 is 0 Å². The summed E-state index contributed by atoms with van der Waals surface area (Å²) in [7, 11) is 0. The molecule has 0 radical (unpaired) electrons. The second kappa shape index (κ2) is 16.7. The van der Waals surface area contributed by atoms with Crippen LogP contribution >= 0.6 is 0 Å². The van der Waals surface area contributed by atoms with Crippen LogP contribution in [0.5, 0.6) is 11.5 Å². The zero-order chi connectivity index (χ0) is 52.6. The minimum atomic E-state index is -0.762. The molecule has 3 aromatic heterocycles. The molecule has 0 bridgehead atoms. The number of hydrogen-bond donors (Lipinski definition) is 0. The van der Waals surface area contributed by atoms with Crippen molar-refractivity contribution in [1.82, 2.24) is 14.1 Å². The van der Waals surface area contributed by atoms with Gasteiger partial charge in [-0.05, 0) is 112 Å². The van der Waals surface area contributed by atoms with Crippen molar-refractivity contribution in [3.05, 3.63) is 224 Å². The zero-order valence-electron chi connectivity index (χ0n) is 46.0. The summed E-state index contributed by atoms with van der Waals surface area (Å²) in [6.07, 6.45) is 6.58. The van der Waals surface area contributed by atoms with E-state index in [-0.39, 0.29) is 27.9 Å². The Hall–Kier alpha value is -8.02. The molecule has 0 aliphatic rings. The lowest BCUT2D eigenvalue weighted by Gasteiger charge is -2.17. The highest BCUT2D eigenvalue weighted by atomic mass is 16.5. The van der Waals surface area contributed by atoms with E-state index in [4.69, 9.17) is 23.4 Å². The fourth-order valence-electron chi connectivity index (χ4n) is 8.74. The van der Waals surface area contributed by atoms with Gasteiger partial charge in [-0.1, -0.05) is 159 Å². The molecule has 0 atom stereocenters. The Kier molecular flexibility index (Phi) is 7.45. The van der Waals surface area contributed by atoms with Gasteiger partial charge in [0.05, 0.1) is 47.1 Å². The zero-order valence-corrected chi connectivity index (χ0v) is 35.0. The van der Waals surface area contributed by atoms with E-state index in [1.807, 2.05) is 129 Å². The van der Waals surface area contributed by atoms with Crippen LogP contribution in [0.3, 0.4) is 0 Å². The molecule has 64 heavy (non-hydrogen) atoms. The molecule has 0 saturated carbocycles. The fourth-order valence-corrected chi connectivity index (χ4v) is 8.74. The highest BCUT2D eigenvalue weighted by molar-refractivity contribution is 6.09. The largest absolute Gasteiger partial charge is 0.458 e. The maximum absolute atomic E-state index is 9.22. The van der Waals surface area contributed by atoms with E-state index < -0.39 is 66.3 Å². The number of hydrogen-bond acceptors (Lipinski definition) is 2. The van der Waals surface area contributed by atoms with E-state index in [9.17, 15) is 1.37 Å². The van der Waals surface area contributed by atoms with Crippen LogP contribution in [-0.4, -0.2) is 14.1 Å². The maximum Gasteiger partial charge on any atom is 0.269 e. The minimum absolute atomic E-state index is 0.142. The van der Waals surface area contributed by atoms with Gasteiger partial charge in [0.2, 0.25) is 0 Å². The minimum Gasteiger partial charge on any atom is -0.458 e.